The highest BCUT2D eigenvalue weighted by Crippen LogP contribution is 2.35. The summed E-state index contributed by atoms with van der Waals surface area (Å²) < 4.78 is 19.1. The third-order valence-electron chi connectivity index (χ3n) is 4.46. The molecule has 3 heterocycles. The molecule has 0 saturated heterocycles. The number of nitrogens with zero attached hydrogens (tertiary/aromatic N) is 3. The fraction of sp³-hybridized carbons (Fsp3) is 0.190. The van der Waals surface area contributed by atoms with E-state index in [0.717, 1.165) is 11.3 Å². The Morgan fingerprint density at radius 3 is 2.93 bits per heavy atom. The van der Waals surface area contributed by atoms with Crippen molar-refractivity contribution in [2.75, 3.05) is 13.2 Å². The molecule has 2 aromatic carbocycles. The number of aromatic nitrogens is 3. The summed E-state index contributed by atoms with van der Waals surface area (Å²) in [6, 6.07) is 15.1. The molecular formula is C21H17N3O4S. The van der Waals surface area contributed by atoms with Gasteiger partial charge in [-0.05, 0) is 42.8 Å². The first kappa shape index (κ1) is 17.7. The average molecular weight is 407 g/mol. The number of rotatable bonds is 4. The number of ether oxygens (including phenoxy) is 3. The van der Waals surface area contributed by atoms with Crippen molar-refractivity contribution in [1.29, 1.82) is 0 Å². The molecule has 1 unspecified atom stereocenters. The minimum atomic E-state index is -0.452. The van der Waals surface area contributed by atoms with Crippen LogP contribution in [0.4, 0.5) is 0 Å². The summed E-state index contributed by atoms with van der Waals surface area (Å²) in [6.45, 7) is 2.82. The summed E-state index contributed by atoms with van der Waals surface area (Å²) in [6.07, 6.45) is 1.37. The van der Waals surface area contributed by atoms with Crippen LogP contribution >= 0.6 is 11.3 Å². The molecule has 1 aliphatic heterocycles. The molecule has 146 valence electrons. The summed E-state index contributed by atoms with van der Waals surface area (Å²) in [5.41, 5.74) is 0.682. The molecule has 0 aliphatic carbocycles. The fourth-order valence-corrected chi connectivity index (χ4v) is 4.06. The zero-order valence-corrected chi connectivity index (χ0v) is 16.4. The first-order chi connectivity index (χ1) is 14.2. The predicted molar refractivity (Wildman–Crippen MR) is 109 cm³/mol. The summed E-state index contributed by atoms with van der Waals surface area (Å²) in [5, 5.41) is 4.37. The van der Waals surface area contributed by atoms with Gasteiger partial charge in [0, 0.05) is 0 Å². The zero-order chi connectivity index (χ0) is 19.8. The molecule has 0 radical (unpaired) electrons. The van der Waals surface area contributed by atoms with Gasteiger partial charge in [-0.3, -0.25) is 4.79 Å². The Morgan fingerprint density at radius 1 is 1.24 bits per heavy atom. The third-order valence-corrected chi connectivity index (χ3v) is 5.42. The van der Waals surface area contributed by atoms with Crippen LogP contribution in [-0.2, 0) is 0 Å². The molecule has 0 amide bonds. The van der Waals surface area contributed by atoms with Crippen molar-refractivity contribution in [1.82, 2.24) is 14.6 Å². The van der Waals surface area contributed by atoms with Crippen LogP contribution in [0.15, 0.2) is 53.3 Å². The van der Waals surface area contributed by atoms with Crippen molar-refractivity contribution in [2.45, 2.75) is 13.0 Å². The highest BCUT2D eigenvalue weighted by Gasteiger charge is 2.27. The quantitative estimate of drug-likeness (QED) is 0.518. The molecule has 1 atom stereocenters. The molecule has 0 spiro atoms. The van der Waals surface area contributed by atoms with Crippen LogP contribution in [0, 0.1) is 0 Å². The minimum Gasteiger partial charge on any atom is -0.494 e. The minimum absolute atomic E-state index is 0.206. The lowest BCUT2D eigenvalue weighted by Crippen LogP contribution is -2.26. The van der Waals surface area contributed by atoms with E-state index in [-0.39, 0.29) is 5.56 Å². The van der Waals surface area contributed by atoms with E-state index >= 15 is 0 Å². The number of fused-ring (bicyclic) bond motifs is 2. The van der Waals surface area contributed by atoms with Crippen LogP contribution < -0.4 is 24.3 Å². The van der Waals surface area contributed by atoms with Gasteiger partial charge in [-0.15, -0.1) is 5.10 Å². The normalized spacial score (nSPS) is 16.3. The van der Waals surface area contributed by atoms with Crippen molar-refractivity contribution in [3.63, 3.8) is 0 Å². The summed E-state index contributed by atoms with van der Waals surface area (Å²) in [5.74, 6) is 2.55. The van der Waals surface area contributed by atoms with Crippen molar-refractivity contribution < 1.29 is 14.2 Å². The molecule has 5 rings (SSSR count). The van der Waals surface area contributed by atoms with Crippen molar-refractivity contribution >= 4 is 22.4 Å². The Labute approximate surface area is 169 Å². The molecule has 4 aromatic rings. The van der Waals surface area contributed by atoms with Gasteiger partial charge in [0.25, 0.3) is 5.56 Å². The predicted octanol–water partition coefficient (Wildman–Crippen LogP) is 2.61. The van der Waals surface area contributed by atoms with E-state index in [1.807, 2.05) is 61.5 Å². The highest BCUT2D eigenvalue weighted by molar-refractivity contribution is 7.15. The average Bonchev–Trinajstić information content (AvgIpc) is 3.28. The second-order valence-corrected chi connectivity index (χ2v) is 7.46. The Bertz CT molecular complexity index is 1300. The molecule has 29 heavy (non-hydrogen) atoms. The number of benzene rings is 2. The van der Waals surface area contributed by atoms with E-state index in [1.165, 1.54) is 15.9 Å². The number of hydrogen-bond donors (Lipinski definition) is 0. The molecule has 7 nitrogen and oxygen atoms in total. The van der Waals surface area contributed by atoms with Crippen molar-refractivity contribution in [2.24, 2.45) is 0 Å². The molecule has 1 aliphatic rings. The zero-order valence-electron chi connectivity index (χ0n) is 15.6. The third kappa shape index (κ3) is 3.31. The van der Waals surface area contributed by atoms with Crippen LogP contribution in [0.3, 0.4) is 0 Å². The van der Waals surface area contributed by atoms with Gasteiger partial charge < -0.3 is 14.2 Å². The molecule has 0 saturated carbocycles. The Balaban J connectivity index is 1.46. The summed E-state index contributed by atoms with van der Waals surface area (Å²) >= 11 is 1.29. The maximum atomic E-state index is 12.8. The lowest BCUT2D eigenvalue weighted by Gasteiger charge is -2.24. The van der Waals surface area contributed by atoms with Crippen molar-refractivity contribution in [3.05, 3.63) is 74.8 Å². The summed E-state index contributed by atoms with van der Waals surface area (Å²) in [4.78, 5) is 17.8. The maximum Gasteiger partial charge on any atom is 0.291 e. The van der Waals surface area contributed by atoms with E-state index in [1.54, 1.807) is 0 Å². The largest absolute Gasteiger partial charge is 0.494 e. The second kappa shape index (κ2) is 7.21. The molecule has 0 N–H and O–H groups in total. The number of hydrogen-bond acceptors (Lipinski definition) is 7. The fourth-order valence-electron chi connectivity index (χ4n) is 3.14. The van der Waals surface area contributed by atoms with Crippen LogP contribution in [0.25, 0.3) is 11.0 Å². The van der Waals surface area contributed by atoms with E-state index in [9.17, 15) is 4.79 Å². The number of thiazole rings is 1. The first-order valence-electron chi connectivity index (χ1n) is 9.24. The number of para-hydroxylation sites is 2. The Kier molecular flexibility index (Phi) is 4.40. The van der Waals surface area contributed by atoms with Crippen molar-refractivity contribution in [3.8, 4) is 17.2 Å². The van der Waals surface area contributed by atoms with Gasteiger partial charge in [0.2, 0.25) is 4.96 Å². The highest BCUT2D eigenvalue weighted by atomic mass is 32.1. The standard InChI is InChI=1S/C21H17N3O4S/c1-2-26-14-7-5-6-13(10-14)11-18-20(25)24-21(29-18)22-19(23-24)17-12-27-15-8-3-4-9-16(15)28-17/h3-11,17H,2,12H2,1H3/b18-11-. The Morgan fingerprint density at radius 2 is 2.10 bits per heavy atom. The van der Waals surface area contributed by atoms with Gasteiger partial charge in [0.1, 0.15) is 12.4 Å². The maximum absolute atomic E-state index is 12.8. The van der Waals surface area contributed by atoms with Crippen LogP contribution in [0.5, 0.6) is 17.2 Å². The smallest absolute Gasteiger partial charge is 0.291 e. The summed E-state index contributed by atoms with van der Waals surface area (Å²) in [7, 11) is 0. The van der Waals surface area contributed by atoms with E-state index < -0.39 is 6.10 Å². The molecule has 2 aromatic heterocycles. The second-order valence-electron chi connectivity index (χ2n) is 6.45. The Hall–Kier alpha value is -3.39. The lowest BCUT2D eigenvalue weighted by molar-refractivity contribution is 0.0852. The van der Waals surface area contributed by atoms with Crippen LogP contribution in [0.2, 0.25) is 0 Å². The first-order valence-corrected chi connectivity index (χ1v) is 10.1. The molecular weight excluding hydrogens is 390 g/mol. The van der Waals surface area contributed by atoms with Gasteiger partial charge in [-0.25, -0.2) is 0 Å². The van der Waals surface area contributed by atoms with Gasteiger partial charge in [0.15, 0.2) is 23.4 Å². The monoisotopic (exact) mass is 407 g/mol. The molecule has 8 heteroatoms. The SMILES string of the molecule is CCOc1cccc(/C=c2\sc3nc(C4COc5ccccc5O4)nn3c2=O)c1. The van der Waals surface area contributed by atoms with E-state index in [0.29, 0.717) is 40.0 Å². The van der Waals surface area contributed by atoms with Gasteiger partial charge in [-0.1, -0.05) is 35.6 Å². The van der Waals surface area contributed by atoms with Crippen LogP contribution in [-0.4, -0.2) is 27.8 Å². The topological polar surface area (TPSA) is 74.9 Å². The van der Waals surface area contributed by atoms with Gasteiger partial charge in [-0.2, -0.15) is 9.50 Å². The lowest BCUT2D eigenvalue weighted by atomic mass is 10.2. The molecule has 0 bridgehead atoms. The molecule has 0 fully saturated rings. The van der Waals surface area contributed by atoms with Gasteiger partial charge in [0.05, 0.1) is 11.1 Å². The van der Waals surface area contributed by atoms with Crippen LogP contribution in [0.1, 0.15) is 24.4 Å². The van der Waals surface area contributed by atoms with E-state index in [2.05, 4.69) is 10.1 Å². The van der Waals surface area contributed by atoms with E-state index in [4.69, 9.17) is 14.2 Å². The van der Waals surface area contributed by atoms with Gasteiger partial charge >= 0.3 is 0 Å².